The van der Waals surface area contributed by atoms with Crippen molar-refractivity contribution in [1.82, 2.24) is 10.3 Å². The first-order chi connectivity index (χ1) is 9.60. The number of anilines is 1. The third-order valence-electron chi connectivity index (χ3n) is 2.70. The van der Waals surface area contributed by atoms with E-state index in [0.717, 1.165) is 10.0 Å². The molecular formula is C14H13BrFN3O. The Morgan fingerprint density at radius 3 is 2.70 bits per heavy atom. The van der Waals surface area contributed by atoms with Crippen molar-refractivity contribution in [2.75, 3.05) is 12.4 Å². The Labute approximate surface area is 124 Å². The molecule has 0 unspecified atom stereocenters. The van der Waals surface area contributed by atoms with Gasteiger partial charge in [-0.1, -0.05) is 12.1 Å². The van der Waals surface area contributed by atoms with E-state index in [4.69, 9.17) is 0 Å². The molecule has 0 saturated carbocycles. The summed E-state index contributed by atoms with van der Waals surface area (Å²) < 4.78 is 13.5. The van der Waals surface area contributed by atoms with Gasteiger partial charge in [0.1, 0.15) is 11.6 Å². The Morgan fingerprint density at radius 1 is 1.35 bits per heavy atom. The van der Waals surface area contributed by atoms with Gasteiger partial charge in [0.15, 0.2) is 0 Å². The number of halogens is 2. The number of carbonyl (C=O) groups is 1. The zero-order valence-electron chi connectivity index (χ0n) is 10.8. The first kappa shape index (κ1) is 14.5. The molecule has 2 aromatic rings. The number of pyridine rings is 1. The minimum absolute atomic E-state index is 0.243. The fraction of sp³-hybridized carbons (Fsp3) is 0.143. The monoisotopic (exact) mass is 337 g/mol. The van der Waals surface area contributed by atoms with Crippen molar-refractivity contribution in [3.8, 4) is 0 Å². The lowest BCUT2D eigenvalue weighted by atomic mass is 10.2. The predicted octanol–water partition coefficient (Wildman–Crippen LogP) is 2.95. The second-order valence-electron chi connectivity index (χ2n) is 4.11. The summed E-state index contributed by atoms with van der Waals surface area (Å²) >= 11 is 3.29. The van der Waals surface area contributed by atoms with Crippen LogP contribution in [0, 0.1) is 5.82 Å². The summed E-state index contributed by atoms with van der Waals surface area (Å²) in [5.74, 6) is -0.0361. The van der Waals surface area contributed by atoms with Crippen LogP contribution in [0.25, 0.3) is 0 Å². The van der Waals surface area contributed by atoms with E-state index < -0.39 is 0 Å². The first-order valence-electron chi connectivity index (χ1n) is 5.96. The molecule has 0 aliphatic carbocycles. The van der Waals surface area contributed by atoms with E-state index in [-0.39, 0.29) is 11.7 Å². The van der Waals surface area contributed by atoms with Crippen molar-refractivity contribution in [2.24, 2.45) is 0 Å². The quantitative estimate of drug-likeness (QED) is 0.901. The van der Waals surface area contributed by atoms with Crippen molar-refractivity contribution < 1.29 is 9.18 Å². The minimum atomic E-state index is -0.297. The van der Waals surface area contributed by atoms with Crippen molar-refractivity contribution in [3.63, 3.8) is 0 Å². The van der Waals surface area contributed by atoms with Crippen LogP contribution < -0.4 is 10.6 Å². The molecular weight excluding hydrogens is 325 g/mol. The first-order valence-corrected chi connectivity index (χ1v) is 6.75. The lowest BCUT2D eigenvalue weighted by molar-refractivity contribution is 0.0951. The van der Waals surface area contributed by atoms with E-state index in [0.29, 0.717) is 17.9 Å². The maximum absolute atomic E-state index is 12.8. The van der Waals surface area contributed by atoms with Gasteiger partial charge < -0.3 is 10.6 Å². The molecule has 6 heteroatoms. The van der Waals surface area contributed by atoms with Gasteiger partial charge in [-0.25, -0.2) is 9.37 Å². The lowest BCUT2D eigenvalue weighted by Gasteiger charge is -2.09. The summed E-state index contributed by atoms with van der Waals surface area (Å²) in [5, 5.41) is 5.64. The molecule has 0 bridgehead atoms. The van der Waals surface area contributed by atoms with Gasteiger partial charge in [0.2, 0.25) is 0 Å². The van der Waals surface area contributed by atoms with Gasteiger partial charge in [0.25, 0.3) is 5.91 Å². The van der Waals surface area contributed by atoms with Gasteiger partial charge in [0, 0.05) is 24.3 Å². The Hall–Kier alpha value is -1.95. The number of nitrogens with one attached hydrogen (secondary N) is 2. The number of rotatable bonds is 4. The number of benzene rings is 1. The third-order valence-corrected chi connectivity index (χ3v) is 3.14. The van der Waals surface area contributed by atoms with Crippen LogP contribution in [0.5, 0.6) is 0 Å². The van der Waals surface area contributed by atoms with Gasteiger partial charge in [-0.3, -0.25) is 4.79 Å². The van der Waals surface area contributed by atoms with Crippen LogP contribution in [0.2, 0.25) is 0 Å². The normalized spacial score (nSPS) is 10.2. The van der Waals surface area contributed by atoms with E-state index in [1.54, 1.807) is 31.4 Å². The fourth-order valence-electron chi connectivity index (χ4n) is 1.69. The highest BCUT2D eigenvalue weighted by molar-refractivity contribution is 9.10. The number of amides is 1. The molecule has 1 aromatic carbocycles. The molecule has 0 radical (unpaired) electrons. The number of aromatic nitrogens is 1. The van der Waals surface area contributed by atoms with Crippen LogP contribution in [-0.2, 0) is 6.54 Å². The standard InChI is InChI=1S/C14H13BrFN3O/c1-17-13-12(6-10(15)8-18-13)14(20)19-7-9-2-4-11(16)5-3-9/h2-6,8H,7H2,1H3,(H,17,18)(H,19,20). The average molecular weight is 338 g/mol. The summed E-state index contributed by atoms with van der Waals surface area (Å²) in [5.41, 5.74) is 1.28. The van der Waals surface area contributed by atoms with E-state index in [1.807, 2.05) is 0 Å². The fourth-order valence-corrected chi connectivity index (χ4v) is 2.02. The van der Waals surface area contributed by atoms with Crippen molar-refractivity contribution in [1.29, 1.82) is 0 Å². The molecule has 1 aromatic heterocycles. The van der Waals surface area contributed by atoms with Crippen LogP contribution in [0.15, 0.2) is 41.0 Å². The third kappa shape index (κ3) is 3.54. The molecule has 20 heavy (non-hydrogen) atoms. The number of nitrogens with zero attached hydrogens (tertiary/aromatic N) is 1. The number of carbonyl (C=O) groups excluding carboxylic acids is 1. The van der Waals surface area contributed by atoms with Gasteiger partial charge in [-0.2, -0.15) is 0 Å². The smallest absolute Gasteiger partial charge is 0.255 e. The zero-order chi connectivity index (χ0) is 14.5. The van der Waals surface area contributed by atoms with Crippen LogP contribution >= 0.6 is 15.9 Å². The van der Waals surface area contributed by atoms with E-state index in [2.05, 4.69) is 31.5 Å². The second-order valence-corrected chi connectivity index (χ2v) is 5.02. The summed E-state index contributed by atoms with van der Waals surface area (Å²) in [7, 11) is 1.70. The molecule has 0 aliphatic rings. The van der Waals surface area contributed by atoms with Gasteiger partial charge in [-0.15, -0.1) is 0 Å². The highest BCUT2D eigenvalue weighted by Crippen LogP contribution is 2.17. The summed E-state index contributed by atoms with van der Waals surface area (Å²) in [6.07, 6.45) is 1.61. The molecule has 2 rings (SSSR count). The topological polar surface area (TPSA) is 54.0 Å². The van der Waals surface area contributed by atoms with Crippen LogP contribution in [-0.4, -0.2) is 17.9 Å². The molecule has 104 valence electrons. The Kier molecular flexibility index (Phi) is 4.68. The average Bonchev–Trinajstić information content (AvgIpc) is 2.46. The van der Waals surface area contributed by atoms with Crippen molar-refractivity contribution in [2.45, 2.75) is 6.54 Å². The summed E-state index contributed by atoms with van der Waals surface area (Å²) in [4.78, 5) is 16.2. The lowest BCUT2D eigenvalue weighted by Crippen LogP contribution is -2.24. The minimum Gasteiger partial charge on any atom is -0.372 e. The molecule has 1 amide bonds. The molecule has 1 heterocycles. The maximum Gasteiger partial charge on any atom is 0.255 e. The van der Waals surface area contributed by atoms with Crippen molar-refractivity contribution in [3.05, 3.63) is 57.9 Å². The van der Waals surface area contributed by atoms with Gasteiger partial charge in [-0.05, 0) is 39.7 Å². The Bertz CT molecular complexity index is 616. The molecule has 0 saturated heterocycles. The van der Waals surface area contributed by atoms with E-state index in [1.165, 1.54) is 12.1 Å². The highest BCUT2D eigenvalue weighted by atomic mass is 79.9. The van der Waals surface area contributed by atoms with Crippen molar-refractivity contribution >= 4 is 27.7 Å². The predicted molar refractivity (Wildman–Crippen MR) is 79.1 cm³/mol. The van der Waals surface area contributed by atoms with Crippen LogP contribution in [0.1, 0.15) is 15.9 Å². The zero-order valence-corrected chi connectivity index (χ0v) is 12.4. The second kappa shape index (κ2) is 6.47. The number of hydrogen-bond donors (Lipinski definition) is 2. The summed E-state index contributed by atoms with van der Waals surface area (Å²) in [6.45, 7) is 0.328. The van der Waals surface area contributed by atoms with Crippen LogP contribution in [0.4, 0.5) is 10.2 Å². The largest absolute Gasteiger partial charge is 0.372 e. The van der Waals surface area contributed by atoms with Gasteiger partial charge >= 0.3 is 0 Å². The Morgan fingerprint density at radius 2 is 2.05 bits per heavy atom. The van der Waals surface area contributed by atoms with Crippen LogP contribution in [0.3, 0.4) is 0 Å². The van der Waals surface area contributed by atoms with E-state index >= 15 is 0 Å². The molecule has 0 fully saturated rings. The van der Waals surface area contributed by atoms with Gasteiger partial charge in [0.05, 0.1) is 5.56 Å². The molecule has 0 atom stereocenters. The molecule has 0 aliphatic heterocycles. The van der Waals surface area contributed by atoms with E-state index in [9.17, 15) is 9.18 Å². The maximum atomic E-state index is 12.8. The SMILES string of the molecule is CNc1ncc(Br)cc1C(=O)NCc1ccc(F)cc1. The Balaban J connectivity index is 2.08. The summed E-state index contributed by atoms with van der Waals surface area (Å²) in [6, 6.07) is 7.68. The molecule has 0 spiro atoms. The number of hydrogen-bond acceptors (Lipinski definition) is 3. The molecule has 2 N–H and O–H groups in total. The highest BCUT2D eigenvalue weighted by Gasteiger charge is 2.12. The molecule has 4 nitrogen and oxygen atoms in total.